The van der Waals surface area contributed by atoms with Gasteiger partial charge in [-0.1, -0.05) is 88.6 Å². The van der Waals surface area contributed by atoms with E-state index in [2.05, 4.69) is 47.5 Å². The number of amides is 2. The first-order chi connectivity index (χ1) is 18.2. The van der Waals surface area contributed by atoms with E-state index in [-0.39, 0.29) is 17.9 Å². The first-order valence-electron chi connectivity index (χ1n) is 14.6. The smallest absolute Gasteiger partial charge is 0.236 e. The van der Waals surface area contributed by atoms with Crippen molar-refractivity contribution < 1.29 is 9.59 Å². The van der Waals surface area contributed by atoms with Crippen LogP contribution in [0.4, 0.5) is 0 Å². The molecular weight excluding hydrogens is 478 g/mol. The second kappa shape index (κ2) is 14.7. The zero-order valence-corrected chi connectivity index (χ0v) is 23.5. The molecule has 2 amide bonds. The van der Waals surface area contributed by atoms with Crippen molar-refractivity contribution in [2.75, 3.05) is 39.3 Å². The van der Waals surface area contributed by atoms with Gasteiger partial charge in [-0.2, -0.15) is 0 Å². The minimum absolute atomic E-state index is 0.138. The van der Waals surface area contributed by atoms with Crippen LogP contribution in [0, 0.1) is 0 Å². The lowest BCUT2D eigenvalue weighted by Gasteiger charge is -2.39. The molecule has 2 aliphatic rings. The lowest BCUT2D eigenvalue weighted by atomic mass is 9.93. The van der Waals surface area contributed by atoms with Crippen LogP contribution >= 0.6 is 11.3 Å². The fourth-order valence-corrected chi connectivity index (χ4v) is 6.69. The summed E-state index contributed by atoms with van der Waals surface area (Å²) in [5.41, 5.74) is 2.60. The molecule has 0 N–H and O–H groups in total. The van der Waals surface area contributed by atoms with E-state index in [0.717, 1.165) is 25.8 Å². The Morgan fingerprint density at radius 1 is 0.784 bits per heavy atom. The molecule has 3 heterocycles. The molecule has 0 radical (unpaired) electrons. The molecular formula is C31H45N3O2S. The summed E-state index contributed by atoms with van der Waals surface area (Å²) in [6.45, 7) is 6.21. The highest BCUT2D eigenvalue weighted by atomic mass is 32.1. The van der Waals surface area contributed by atoms with Crippen molar-refractivity contribution in [3.05, 3.63) is 57.8 Å². The van der Waals surface area contributed by atoms with Crippen LogP contribution in [-0.2, 0) is 16.0 Å². The number of nitrogens with zero attached hydrogens (tertiary/aromatic N) is 3. The number of thiophene rings is 1. The van der Waals surface area contributed by atoms with Crippen LogP contribution in [0.5, 0.6) is 0 Å². The fourth-order valence-electron chi connectivity index (χ4n) is 5.79. The number of hydrogen-bond donors (Lipinski definition) is 0. The molecule has 0 aliphatic carbocycles. The van der Waals surface area contributed by atoms with Crippen molar-refractivity contribution >= 4 is 23.2 Å². The zero-order chi connectivity index (χ0) is 25.9. The summed E-state index contributed by atoms with van der Waals surface area (Å²) >= 11 is 1.83. The molecule has 0 spiro atoms. The Hall–Kier alpha value is -2.18. The van der Waals surface area contributed by atoms with Gasteiger partial charge >= 0.3 is 0 Å². The van der Waals surface area contributed by atoms with Gasteiger partial charge in [0, 0.05) is 44.0 Å². The third-order valence-electron chi connectivity index (χ3n) is 8.00. The number of benzene rings is 1. The molecule has 202 valence electrons. The Balaban J connectivity index is 1.18. The van der Waals surface area contributed by atoms with E-state index in [4.69, 9.17) is 0 Å². The SMILES string of the molecule is CCCCCCCCCCCC(=O)N1CCN(C(=O)CN2CCc3sccc3[C@H]2c2ccccc2)CC1. The van der Waals surface area contributed by atoms with Crippen LogP contribution in [0.2, 0.25) is 0 Å². The lowest BCUT2D eigenvalue weighted by molar-refractivity contribution is -0.140. The van der Waals surface area contributed by atoms with Gasteiger partial charge in [-0.3, -0.25) is 14.5 Å². The summed E-state index contributed by atoms with van der Waals surface area (Å²) < 4.78 is 0. The summed E-state index contributed by atoms with van der Waals surface area (Å²) in [6, 6.07) is 12.9. The molecule has 2 aliphatic heterocycles. The average Bonchev–Trinajstić information content (AvgIpc) is 3.41. The topological polar surface area (TPSA) is 43.9 Å². The maximum absolute atomic E-state index is 13.3. The first kappa shape index (κ1) is 27.8. The van der Waals surface area contributed by atoms with Gasteiger partial charge < -0.3 is 9.80 Å². The highest BCUT2D eigenvalue weighted by molar-refractivity contribution is 7.10. The van der Waals surface area contributed by atoms with Crippen LogP contribution in [0.25, 0.3) is 0 Å². The predicted octanol–water partition coefficient (Wildman–Crippen LogP) is 6.29. The van der Waals surface area contributed by atoms with Crippen LogP contribution in [0.1, 0.15) is 93.2 Å². The minimum atomic E-state index is 0.138. The number of carbonyl (C=O) groups excluding carboxylic acids is 2. The van der Waals surface area contributed by atoms with E-state index in [1.807, 2.05) is 27.2 Å². The Bertz CT molecular complexity index is 968. The highest BCUT2D eigenvalue weighted by Gasteiger charge is 2.32. The summed E-state index contributed by atoms with van der Waals surface area (Å²) in [5.74, 6) is 0.450. The minimum Gasteiger partial charge on any atom is -0.339 e. The molecule has 2 aromatic rings. The van der Waals surface area contributed by atoms with Crippen molar-refractivity contribution in [1.82, 2.24) is 14.7 Å². The van der Waals surface area contributed by atoms with Gasteiger partial charge in [-0.25, -0.2) is 0 Å². The highest BCUT2D eigenvalue weighted by Crippen LogP contribution is 2.37. The van der Waals surface area contributed by atoms with E-state index >= 15 is 0 Å². The summed E-state index contributed by atoms with van der Waals surface area (Å²) in [7, 11) is 0. The van der Waals surface area contributed by atoms with Crippen LogP contribution in [0.3, 0.4) is 0 Å². The molecule has 1 aromatic carbocycles. The Morgan fingerprint density at radius 2 is 1.41 bits per heavy atom. The van der Waals surface area contributed by atoms with Crippen molar-refractivity contribution in [3.63, 3.8) is 0 Å². The molecule has 1 aromatic heterocycles. The second-order valence-electron chi connectivity index (χ2n) is 10.7. The van der Waals surface area contributed by atoms with Crippen LogP contribution in [0.15, 0.2) is 41.8 Å². The third kappa shape index (κ3) is 7.90. The number of rotatable bonds is 13. The molecule has 0 bridgehead atoms. The van der Waals surface area contributed by atoms with E-state index < -0.39 is 0 Å². The summed E-state index contributed by atoms with van der Waals surface area (Å²) in [6.07, 6.45) is 13.1. The quantitative estimate of drug-likeness (QED) is 0.290. The van der Waals surface area contributed by atoms with Crippen molar-refractivity contribution in [2.24, 2.45) is 0 Å². The van der Waals surface area contributed by atoms with Gasteiger partial charge in [0.15, 0.2) is 0 Å². The van der Waals surface area contributed by atoms with Crippen molar-refractivity contribution in [3.8, 4) is 0 Å². The van der Waals surface area contributed by atoms with Gasteiger partial charge in [0.2, 0.25) is 11.8 Å². The molecule has 0 unspecified atom stereocenters. The maximum Gasteiger partial charge on any atom is 0.236 e. The van der Waals surface area contributed by atoms with E-state index in [1.165, 1.54) is 60.9 Å². The van der Waals surface area contributed by atoms with E-state index in [0.29, 0.717) is 39.1 Å². The Morgan fingerprint density at radius 3 is 2.08 bits per heavy atom. The Kier molecular flexibility index (Phi) is 11.0. The molecule has 37 heavy (non-hydrogen) atoms. The summed E-state index contributed by atoms with van der Waals surface area (Å²) in [4.78, 5) is 33.7. The maximum atomic E-state index is 13.3. The number of fused-ring (bicyclic) bond motifs is 1. The normalized spacial score (nSPS) is 18.1. The monoisotopic (exact) mass is 523 g/mol. The number of carbonyl (C=O) groups is 2. The first-order valence-corrected chi connectivity index (χ1v) is 15.5. The van der Waals surface area contributed by atoms with E-state index in [9.17, 15) is 9.59 Å². The van der Waals surface area contributed by atoms with Crippen molar-refractivity contribution in [1.29, 1.82) is 0 Å². The van der Waals surface area contributed by atoms with Gasteiger partial charge in [-0.15, -0.1) is 11.3 Å². The number of unbranched alkanes of at least 4 members (excludes halogenated alkanes) is 8. The fraction of sp³-hybridized carbons (Fsp3) is 0.613. The van der Waals surface area contributed by atoms with E-state index in [1.54, 1.807) is 0 Å². The van der Waals surface area contributed by atoms with Gasteiger partial charge in [0.1, 0.15) is 0 Å². The number of piperazine rings is 1. The standard InChI is InChI=1S/C31H45N3O2S/c1-2-3-4-5-6-7-8-9-13-16-29(35)32-20-22-33(23-21-32)30(36)25-34-19-17-28-27(18-24-37-28)31(34)26-14-11-10-12-15-26/h10-12,14-15,18,24,31H,2-9,13,16-17,19-23,25H2,1H3/t31-/m1/s1. The third-order valence-corrected chi connectivity index (χ3v) is 9.00. The lowest BCUT2D eigenvalue weighted by Crippen LogP contribution is -2.53. The van der Waals surface area contributed by atoms with Crippen LogP contribution in [-0.4, -0.2) is 65.8 Å². The average molecular weight is 524 g/mol. The predicted molar refractivity (Wildman–Crippen MR) is 153 cm³/mol. The zero-order valence-electron chi connectivity index (χ0n) is 22.7. The number of hydrogen-bond acceptors (Lipinski definition) is 4. The molecule has 6 heteroatoms. The molecule has 5 nitrogen and oxygen atoms in total. The Labute approximate surface area is 227 Å². The second-order valence-corrected chi connectivity index (χ2v) is 11.7. The van der Waals surface area contributed by atoms with Gasteiger partial charge in [0.05, 0.1) is 12.6 Å². The molecule has 1 saturated heterocycles. The van der Waals surface area contributed by atoms with Crippen molar-refractivity contribution in [2.45, 2.75) is 83.6 Å². The molecule has 1 atom stereocenters. The van der Waals surface area contributed by atoms with Crippen LogP contribution < -0.4 is 0 Å². The molecule has 0 saturated carbocycles. The largest absolute Gasteiger partial charge is 0.339 e. The molecule has 4 rings (SSSR count). The van der Waals surface area contributed by atoms with Gasteiger partial charge in [0.25, 0.3) is 0 Å². The van der Waals surface area contributed by atoms with Gasteiger partial charge in [-0.05, 0) is 35.4 Å². The molecule has 1 fully saturated rings. The summed E-state index contributed by atoms with van der Waals surface area (Å²) in [5, 5.41) is 2.18.